The van der Waals surface area contributed by atoms with Gasteiger partial charge in [0.2, 0.25) is 15.9 Å². The van der Waals surface area contributed by atoms with Gasteiger partial charge in [0.15, 0.2) is 0 Å². The van der Waals surface area contributed by atoms with Crippen molar-refractivity contribution in [3.63, 3.8) is 0 Å². The number of nitrogens with zero attached hydrogens (tertiary/aromatic N) is 3. The van der Waals surface area contributed by atoms with Crippen molar-refractivity contribution in [2.24, 2.45) is 13.0 Å². The number of halogens is 1. The fourth-order valence-corrected chi connectivity index (χ4v) is 4.95. The molecule has 0 saturated carbocycles. The van der Waals surface area contributed by atoms with Crippen LogP contribution < -0.4 is 4.90 Å². The maximum absolute atomic E-state index is 13.1. The van der Waals surface area contributed by atoms with Crippen molar-refractivity contribution in [1.82, 2.24) is 8.87 Å². The Labute approximate surface area is 159 Å². The van der Waals surface area contributed by atoms with Gasteiger partial charge < -0.3 is 9.47 Å². The van der Waals surface area contributed by atoms with Gasteiger partial charge in [-0.15, -0.1) is 0 Å². The molecule has 0 spiro atoms. The molecule has 0 radical (unpaired) electrons. The minimum absolute atomic E-state index is 0.0409. The van der Waals surface area contributed by atoms with Crippen LogP contribution in [0.4, 0.5) is 10.1 Å². The second-order valence-corrected chi connectivity index (χ2v) is 8.69. The van der Waals surface area contributed by atoms with E-state index in [2.05, 4.69) is 0 Å². The number of aromatic nitrogens is 1. The van der Waals surface area contributed by atoms with E-state index in [0.29, 0.717) is 38.2 Å². The Morgan fingerprint density at radius 3 is 2.33 bits per heavy atom. The first-order valence-electron chi connectivity index (χ1n) is 9.02. The fourth-order valence-electron chi connectivity index (χ4n) is 3.43. The summed E-state index contributed by atoms with van der Waals surface area (Å²) in [7, 11) is -1.75. The van der Waals surface area contributed by atoms with E-state index in [1.807, 2.05) is 6.92 Å². The first-order valence-corrected chi connectivity index (χ1v) is 10.5. The maximum atomic E-state index is 13.1. The molecule has 8 heteroatoms. The summed E-state index contributed by atoms with van der Waals surface area (Å²) >= 11 is 0. The molecule has 0 aliphatic carbocycles. The van der Waals surface area contributed by atoms with Crippen molar-refractivity contribution in [2.45, 2.75) is 24.7 Å². The summed E-state index contributed by atoms with van der Waals surface area (Å²) in [6, 6.07) is 7.43. The molecular formula is C19H24FN3O3S. The van der Waals surface area contributed by atoms with Gasteiger partial charge in [0.25, 0.3) is 0 Å². The Balaban J connectivity index is 1.67. The van der Waals surface area contributed by atoms with Crippen LogP contribution in [0.5, 0.6) is 0 Å². The average molecular weight is 393 g/mol. The van der Waals surface area contributed by atoms with Crippen LogP contribution >= 0.6 is 0 Å². The molecule has 3 rings (SSSR count). The lowest BCUT2D eigenvalue weighted by Gasteiger charge is -2.33. The minimum atomic E-state index is -3.53. The molecular weight excluding hydrogens is 369 g/mol. The number of hydrogen-bond acceptors (Lipinski definition) is 3. The van der Waals surface area contributed by atoms with Crippen LogP contribution in [0.1, 0.15) is 19.8 Å². The van der Waals surface area contributed by atoms with Crippen molar-refractivity contribution in [2.75, 3.05) is 24.5 Å². The van der Waals surface area contributed by atoms with Crippen LogP contribution in [0.25, 0.3) is 0 Å². The quantitative estimate of drug-likeness (QED) is 0.785. The first-order chi connectivity index (χ1) is 12.8. The van der Waals surface area contributed by atoms with E-state index in [1.165, 1.54) is 16.4 Å². The van der Waals surface area contributed by atoms with Crippen LogP contribution in [0.15, 0.2) is 47.6 Å². The minimum Gasteiger partial charge on any atom is -0.356 e. The monoisotopic (exact) mass is 393 g/mol. The standard InChI is InChI=1S/C19H24FN3O3S/c1-3-23(17-6-4-16(20)5-7-17)19(24)15-8-12-22(13-9-15)27(25,26)18-10-11-21(2)14-18/h4-7,10-11,14-15H,3,8-9,12-13H2,1-2H3. The molecule has 1 saturated heterocycles. The van der Waals surface area contributed by atoms with E-state index >= 15 is 0 Å². The van der Waals surface area contributed by atoms with E-state index in [9.17, 15) is 17.6 Å². The van der Waals surface area contributed by atoms with Gasteiger partial charge in [-0.2, -0.15) is 4.31 Å². The van der Waals surface area contributed by atoms with E-state index < -0.39 is 10.0 Å². The van der Waals surface area contributed by atoms with Crippen molar-refractivity contribution in [3.05, 3.63) is 48.5 Å². The highest BCUT2D eigenvalue weighted by Crippen LogP contribution is 2.27. The molecule has 1 aromatic carbocycles. The summed E-state index contributed by atoms with van der Waals surface area (Å²) in [5.74, 6) is -0.625. The highest BCUT2D eigenvalue weighted by molar-refractivity contribution is 7.89. The second-order valence-electron chi connectivity index (χ2n) is 6.75. The third kappa shape index (κ3) is 4.06. The third-order valence-corrected chi connectivity index (χ3v) is 6.85. The molecule has 1 aliphatic heterocycles. The molecule has 1 aliphatic rings. The van der Waals surface area contributed by atoms with Crippen molar-refractivity contribution >= 4 is 21.6 Å². The van der Waals surface area contributed by atoms with Crippen molar-refractivity contribution in [3.8, 4) is 0 Å². The topological polar surface area (TPSA) is 62.6 Å². The Kier molecular flexibility index (Phi) is 5.67. The van der Waals surface area contributed by atoms with Crippen LogP contribution in [0.3, 0.4) is 0 Å². The van der Waals surface area contributed by atoms with E-state index in [4.69, 9.17) is 0 Å². The number of amides is 1. The number of sulfonamides is 1. The van der Waals surface area contributed by atoms with E-state index in [-0.39, 0.29) is 22.5 Å². The highest BCUT2D eigenvalue weighted by Gasteiger charge is 2.34. The summed E-state index contributed by atoms with van der Waals surface area (Å²) in [6.45, 7) is 2.98. The second kappa shape index (κ2) is 7.82. The Morgan fingerprint density at radius 2 is 1.81 bits per heavy atom. The van der Waals surface area contributed by atoms with Crippen LogP contribution in [-0.4, -0.2) is 42.8 Å². The normalized spacial score (nSPS) is 16.4. The first kappa shape index (κ1) is 19.6. The maximum Gasteiger partial charge on any atom is 0.244 e. The zero-order valence-electron chi connectivity index (χ0n) is 15.5. The molecule has 27 heavy (non-hydrogen) atoms. The number of carbonyl (C=O) groups is 1. The average Bonchev–Trinajstić information content (AvgIpc) is 3.11. The van der Waals surface area contributed by atoms with Crippen LogP contribution in [0.2, 0.25) is 0 Å². The molecule has 0 bridgehead atoms. The number of piperidine rings is 1. The number of hydrogen-bond donors (Lipinski definition) is 0. The zero-order chi connectivity index (χ0) is 19.6. The number of benzene rings is 1. The molecule has 1 amide bonds. The lowest BCUT2D eigenvalue weighted by molar-refractivity contribution is -0.123. The van der Waals surface area contributed by atoms with Crippen LogP contribution in [-0.2, 0) is 21.9 Å². The van der Waals surface area contributed by atoms with Gasteiger partial charge in [-0.25, -0.2) is 12.8 Å². The molecule has 146 valence electrons. The van der Waals surface area contributed by atoms with Gasteiger partial charge >= 0.3 is 0 Å². The molecule has 2 aromatic rings. The fraction of sp³-hybridized carbons (Fsp3) is 0.421. The van der Waals surface area contributed by atoms with Gasteiger partial charge in [0, 0.05) is 50.7 Å². The van der Waals surface area contributed by atoms with Gasteiger partial charge in [-0.1, -0.05) is 0 Å². The smallest absolute Gasteiger partial charge is 0.244 e. The van der Waals surface area contributed by atoms with E-state index in [1.54, 1.807) is 47.1 Å². The zero-order valence-corrected chi connectivity index (χ0v) is 16.3. The van der Waals surface area contributed by atoms with Gasteiger partial charge in [0.05, 0.1) is 4.90 Å². The molecule has 6 nitrogen and oxygen atoms in total. The predicted octanol–water partition coefficient (Wildman–Crippen LogP) is 2.62. The number of carbonyl (C=O) groups excluding carboxylic acids is 1. The van der Waals surface area contributed by atoms with Gasteiger partial charge in [-0.3, -0.25) is 4.79 Å². The molecule has 0 atom stereocenters. The summed E-state index contributed by atoms with van der Waals surface area (Å²) in [6.07, 6.45) is 4.23. The summed E-state index contributed by atoms with van der Waals surface area (Å²) in [5, 5.41) is 0. The van der Waals surface area contributed by atoms with Crippen molar-refractivity contribution in [1.29, 1.82) is 0 Å². The van der Waals surface area contributed by atoms with Crippen LogP contribution in [0, 0.1) is 11.7 Å². The summed E-state index contributed by atoms with van der Waals surface area (Å²) < 4.78 is 41.7. The third-order valence-electron chi connectivity index (χ3n) is 4.97. The molecule has 1 aromatic heterocycles. The molecule has 0 unspecified atom stereocenters. The SMILES string of the molecule is CCN(C(=O)C1CCN(S(=O)(=O)c2ccn(C)c2)CC1)c1ccc(F)cc1. The largest absolute Gasteiger partial charge is 0.356 e. The lowest BCUT2D eigenvalue weighted by atomic mass is 9.96. The lowest BCUT2D eigenvalue weighted by Crippen LogP contribution is -2.44. The number of aryl methyl sites for hydroxylation is 1. The Morgan fingerprint density at radius 1 is 1.19 bits per heavy atom. The van der Waals surface area contributed by atoms with Gasteiger partial charge in [-0.05, 0) is 50.1 Å². The summed E-state index contributed by atoms with van der Waals surface area (Å²) in [5.41, 5.74) is 0.656. The molecule has 0 N–H and O–H groups in total. The van der Waals surface area contributed by atoms with Gasteiger partial charge in [0.1, 0.15) is 5.82 Å². The highest BCUT2D eigenvalue weighted by atomic mass is 32.2. The van der Waals surface area contributed by atoms with Crippen molar-refractivity contribution < 1.29 is 17.6 Å². The van der Waals surface area contributed by atoms with E-state index in [0.717, 1.165) is 0 Å². The molecule has 2 heterocycles. The predicted molar refractivity (Wildman–Crippen MR) is 101 cm³/mol. The summed E-state index contributed by atoms with van der Waals surface area (Å²) in [4.78, 5) is 14.8. The Bertz CT molecular complexity index is 901. The number of anilines is 1. The molecule has 1 fully saturated rings. The Hall–Kier alpha value is -2.19. The number of rotatable bonds is 5.